The smallest absolute Gasteiger partial charge is 0.00966 e. The Morgan fingerprint density at radius 1 is 0.0815 bits per heavy atom. The van der Waals surface area contributed by atoms with E-state index in [1.54, 1.807) is 0 Å². The minimum atomic E-state index is 1.36. The van der Waals surface area contributed by atoms with Crippen LogP contribution in [0.2, 0.25) is 0 Å². The van der Waals surface area contributed by atoms with Crippen molar-refractivity contribution >= 4 is 0 Å². The number of hydrogen-bond donors (Lipinski definition) is 0. The number of rotatable bonds is 108. The molecular formula is C135H258. The molecule has 0 aromatic rings. The van der Waals surface area contributed by atoms with Crippen molar-refractivity contribution in [2.24, 2.45) is 0 Å². The van der Waals surface area contributed by atoms with Gasteiger partial charge in [0.2, 0.25) is 0 Å². The van der Waals surface area contributed by atoms with Crippen LogP contribution in [0.1, 0.15) is 796 Å². The molecule has 0 spiro atoms. The van der Waals surface area contributed by atoms with Gasteiger partial charge in [0.1, 0.15) is 0 Å². The second-order valence-electron chi connectivity index (χ2n) is 45.7. The fourth-order valence-electron chi connectivity index (χ4n) is 23.5. The van der Waals surface area contributed by atoms with Gasteiger partial charge in [-0.05, 0) is 207 Å². The lowest BCUT2D eigenvalue weighted by Gasteiger charge is -2.14. The lowest BCUT2D eigenvalue weighted by molar-refractivity contribution is 0.559. The van der Waals surface area contributed by atoms with E-state index in [0.29, 0.717) is 0 Å². The molecule has 0 aliphatic heterocycles. The van der Waals surface area contributed by atoms with Crippen LogP contribution in [0.5, 0.6) is 0 Å². The number of allylic oxidation sites excluding steroid dienone is 12. The van der Waals surface area contributed by atoms with Crippen molar-refractivity contribution in [1.29, 1.82) is 0 Å². The summed E-state index contributed by atoms with van der Waals surface area (Å²) < 4.78 is 0. The molecule has 0 saturated heterocycles. The van der Waals surface area contributed by atoms with Gasteiger partial charge in [0.25, 0.3) is 0 Å². The van der Waals surface area contributed by atoms with Crippen LogP contribution in [-0.2, 0) is 0 Å². The van der Waals surface area contributed by atoms with E-state index in [4.69, 9.17) is 0 Å². The summed E-state index contributed by atoms with van der Waals surface area (Å²) in [6.45, 7) is 28.0. The molecule has 0 aromatic carbocycles. The molecule has 0 heterocycles. The summed E-state index contributed by atoms with van der Waals surface area (Å²) in [4.78, 5) is 0. The zero-order valence-electron chi connectivity index (χ0n) is 96.5. The molecule has 0 bridgehead atoms. The van der Waals surface area contributed by atoms with Crippen LogP contribution in [0, 0.1) is 0 Å². The molecule has 798 valence electrons. The zero-order chi connectivity index (χ0) is 97.4. The average molecular weight is 1880 g/mol. The SMILES string of the molecule is CCCCCCCCCCCC1=C(CCCCCCCCCC)C(CCCCCCCCC)=C(CCCCCCCCC)C1.CCCCCCCCCCCC1=C(CCCCCCCCCC)C(CCCCCCCCCC)=C(CCCCCCCCC)C1.CCCCCCCCCCCC1=C(CCCCCCCCCCC)C(CCCCCCCCCC)=C(CCCCCCCCC)C1. The molecule has 3 aliphatic rings. The molecule has 0 heteroatoms. The molecule has 3 aliphatic carbocycles. The van der Waals surface area contributed by atoms with Crippen molar-refractivity contribution in [2.45, 2.75) is 796 Å². The van der Waals surface area contributed by atoms with E-state index in [-0.39, 0.29) is 0 Å². The third-order valence-electron chi connectivity index (χ3n) is 32.6. The van der Waals surface area contributed by atoms with Gasteiger partial charge in [0.15, 0.2) is 0 Å². The van der Waals surface area contributed by atoms with Crippen molar-refractivity contribution < 1.29 is 0 Å². The van der Waals surface area contributed by atoms with Crippen molar-refractivity contribution in [3.63, 3.8) is 0 Å². The van der Waals surface area contributed by atoms with Crippen LogP contribution in [0.25, 0.3) is 0 Å². The second kappa shape index (κ2) is 108. The topological polar surface area (TPSA) is 0 Å². The standard InChI is InChI=1S/C46H88.C45H86.C44H84/c1-5-9-13-17-21-24-27-31-35-39-44-42-43(38-34-30-26-20-16-12-8-4)45(40-36-32-28-23-19-15-11-7-3)46(44)41-37-33-29-25-22-18-14-10-6-2;1-5-9-13-17-21-24-26-30-34-38-43-41-42(37-33-29-25-20-16-12-8-4)44(39-35-31-27-22-18-14-10-6-2)45(43)40-36-32-28-23-19-15-11-7-3;1-5-9-13-17-21-23-26-29-33-37-42-40-41(36-32-28-24-19-15-11-7-3)43(38-34-30-25-20-16-12-8-4)44(42)39-35-31-27-22-18-14-10-6-2/h5-42H2,1-4H3;5-41H2,1-4H3;5-40H2,1-4H3. The summed E-state index contributed by atoms with van der Waals surface area (Å²) in [5, 5.41) is 0. The van der Waals surface area contributed by atoms with Gasteiger partial charge in [-0.25, -0.2) is 0 Å². The van der Waals surface area contributed by atoms with Gasteiger partial charge < -0.3 is 0 Å². The first-order valence-electron chi connectivity index (χ1n) is 65.1. The lowest BCUT2D eigenvalue weighted by Crippen LogP contribution is -1.95. The van der Waals surface area contributed by atoms with E-state index in [1.807, 2.05) is 66.9 Å². The summed E-state index contributed by atoms with van der Waals surface area (Å²) in [5.74, 6) is 0. The van der Waals surface area contributed by atoms with Gasteiger partial charge in [-0.3, -0.25) is 0 Å². The molecule has 0 fully saturated rings. The molecule has 0 aromatic heterocycles. The molecule has 0 amide bonds. The summed E-state index contributed by atoms with van der Waals surface area (Å²) in [7, 11) is 0. The Hall–Kier alpha value is -1.56. The number of unbranched alkanes of at least 4 members (excludes halogenated alkanes) is 84. The minimum absolute atomic E-state index is 1.36. The van der Waals surface area contributed by atoms with Crippen molar-refractivity contribution in [1.82, 2.24) is 0 Å². The van der Waals surface area contributed by atoms with Crippen LogP contribution in [-0.4, -0.2) is 0 Å². The minimum Gasteiger partial charge on any atom is -0.0654 e. The predicted molar refractivity (Wildman–Crippen MR) is 623 cm³/mol. The Labute approximate surface area is 856 Å². The largest absolute Gasteiger partial charge is 0.0654 e. The fraction of sp³-hybridized carbons (Fsp3) is 0.911. The summed E-state index contributed by atoms with van der Waals surface area (Å²) in [6.07, 6.45) is 160. The monoisotopic (exact) mass is 1880 g/mol. The van der Waals surface area contributed by atoms with E-state index >= 15 is 0 Å². The quantitative estimate of drug-likeness (QED) is 0.0533. The molecule has 0 N–H and O–H groups in total. The zero-order valence-corrected chi connectivity index (χ0v) is 96.5. The third-order valence-corrected chi connectivity index (χ3v) is 32.6. The molecule has 0 nitrogen and oxygen atoms in total. The molecule has 0 radical (unpaired) electrons. The van der Waals surface area contributed by atoms with E-state index in [1.165, 1.54) is 713 Å². The molecule has 0 unspecified atom stereocenters. The Balaban J connectivity index is 0.00000101. The van der Waals surface area contributed by atoms with E-state index < -0.39 is 0 Å². The van der Waals surface area contributed by atoms with Crippen LogP contribution >= 0.6 is 0 Å². The summed E-state index contributed by atoms with van der Waals surface area (Å²) in [6, 6.07) is 0. The highest BCUT2D eigenvalue weighted by Gasteiger charge is 2.27. The highest BCUT2D eigenvalue weighted by Crippen LogP contribution is 2.47. The van der Waals surface area contributed by atoms with E-state index in [9.17, 15) is 0 Å². The first-order chi connectivity index (χ1) is 66.8. The average Bonchev–Trinajstić information content (AvgIpc) is 1.68. The van der Waals surface area contributed by atoms with Crippen molar-refractivity contribution in [3.8, 4) is 0 Å². The molecule has 135 heavy (non-hydrogen) atoms. The molecule has 0 atom stereocenters. The first kappa shape index (κ1) is 131. The maximum absolute atomic E-state index is 2.34. The van der Waals surface area contributed by atoms with Gasteiger partial charge in [0.05, 0.1) is 0 Å². The third kappa shape index (κ3) is 81.3. The van der Waals surface area contributed by atoms with Gasteiger partial charge in [-0.1, -0.05) is 656 Å². The first-order valence-corrected chi connectivity index (χ1v) is 65.1. The van der Waals surface area contributed by atoms with Crippen LogP contribution in [0.15, 0.2) is 66.9 Å². The van der Waals surface area contributed by atoms with Crippen LogP contribution in [0.3, 0.4) is 0 Å². The van der Waals surface area contributed by atoms with E-state index in [2.05, 4.69) is 83.1 Å². The van der Waals surface area contributed by atoms with Crippen molar-refractivity contribution in [3.05, 3.63) is 66.9 Å². The molecular weight excluding hydrogens is 1620 g/mol. The normalized spacial score (nSPS) is 13.6. The summed E-state index contributed by atoms with van der Waals surface area (Å²) >= 11 is 0. The second-order valence-corrected chi connectivity index (χ2v) is 45.7. The number of hydrogen-bond acceptors (Lipinski definition) is 0. The predicted octanol–water partition coefficient (Wildman–Crippen LogP) is 51.3. The van der Waals surface area contributed by atoms with Gasteiger partial charge >= 0.3 is 0 Å². The Morgan fingerprint density at radius 3 is 0.230 bits per heavy atom. The van der Waals surface area contributed by atoms with Gasteiger partial charge in [0, 0.05) is 0 Å². The lowest BCUT2D eigenvalue weighted by atomic mass is 9.91. The molecule has 3 rings (SSSR count). The molecule has 0 saturated carbocycles. The van der Waals surface area contributed by atoms with Crippen molar-refractivity contribution in [2.75, 3.05) is 0 Å². The maximum atomic E-state index is 2.34. The fourth-order valence-corrected chi connectivity index (χ4v) is 23.5. The van der Waals surface area contributed by atoms with Gasteiger partial charge in [-0.2, -0.15) is 0 Å². The van der Waals surface area contributed by atoms with Crippen LogP contribution in [0.4, 0.5) is 0 Å². The van der Waals surface area contributed by atoms with Gasteiger partial charge in [-0.15, -0.1) is 0 Å². The Morgan fingerprint density at radius 2 is 0.148 bits per heavy atom. The van der Waals surface area contributed by atoms with E-state index in [0.717, 1.165) is 0 Å². The van der Waals surface area contributed by atoms with Crippen LogP contribution < -0.4 is 0 Å². The maximum Gasteiger partial charge on any atom is -0.00966 e. The highest BCUT2D eigenvalue weighted by atomic mass is 14.3. The Kier molecular flexibility index (Phi) is 105. The summed E-state index contributed by atoms with van der Waals surface area (Å²) in [5.41, 5.74) is 22.9. The highest BCUT2D eigenvalue weighted by molar-refractivity contribution is 5.49. The Bertz CT molecular complexity index is 2600.